The van der Waals surface area contributed by atoms with E-state index in [-0.39, 0.29) is 0 Å². The summed E-state index contributed by atoms with van der Waals surface area (Å²) in [7, 11) is 0. The molecule has 0 saturated carbocycles. The smallest absolute Gasteiger partial charge is 0.0985 e. The number of hydrogen-bond donors (Lipinski definition) is 2. The fourth-order valence-electron chi connectivity index (χ4n) is 0. The predicted molar refractivity (Wildman–Crippen MR) is 19.1 cm³/mol. The van der Waals surface area contributed by atoms with Crippen molar-refractivity contribution in [3.63, 3.8) is 0 Å². The molecule has 0 amide bonds. The van der Waals surface area contributed by atoms with Crippen LogP contribution in [0.5, 0.6) is 0 Å². The summed E-state index contributed by atoms with van der Waals surface area (Å²) in [5, 5.41) is 5.96. The molecule has 3 heteroatoms. The van der Waals surface area contributed by atoms with Gasteiger partial charge in [-0.1, -0.05) is 0 Å². The van der Waals surface area contributed by atoms with Crippen molar-refractivity contribution in [1.82, 2.24) is 0 Å². The zero-order valence-electron chi connectivity index (χ0n) is 1.89. The molecule has 0 bridgehead atoms. The largest absolute Gasteiger partial charge is 0.241 e. The molecule has 0 rings (SSSR count). The summed E-state index contributed by atoms with van der Waals surface area (Å²) >= 11 is 3.25. The molecule has 0 saturated heterocycles. The lowest BCUT2D eigenvalue weighted by Crippen LogP contribution is -1.23. The molecule has 0 fully saturated rings. The van der Waals surface area contributed by atoms with Gasteiger partial charge in [0, 0.05) is 0 Å². The Morgan fingerprint density at radius 2 is 2.25 bits per heavy atom. The topological polar surface area (TPSA) is 36.2 Å². The number of hydrogen-bond acceptors (Lipinski definition) is 3. The van der Waals surface area contributed by atoms with Gasteiger partial charge in [-0.15, -0.1) is 0 Å². The predicted octanol–water partition coefficient (Wildman–Crippen LogP) is 0.584. The highest BCUT2D eigenvalue weighted by atomic mass is 32.1. The molecule has 1 N–H and O–H groups in total. The van der Waals surface area contributed by atoms with Crippen molar-refractivity contribution >= 4 is 18.8 Å². The van der Waals surface area contributed by atoms with Crippen LogP contribution in [0.25, 0.3) is 0 Å². The summed E-state index contributed by atoms with van der Waals surface area (Å²) in [5.74, 6) is 0. The van der Waals surface area contributed by atoms with E-state index in [1.165, 1.54) is 0 Å². The normalized spacial score (nSPS) is 4.25. The van der Waals surface area contributed by atoms with Crippen LogP contribution in [0.4, 0.5) is 0 Å². The highest BCUT2D eigenvalue weighted by molar-refractivity contribution is 7.78. The number of nitrogens with zero attached hydrogens (tertiary/aromatic N) is 1. The van der Waals surface area contributed by atoms with Crippen molar-refractivity contribution in [2.24, 2.45) is 4.40 Å². The van der Waals surface area contributed by atoms with E-state index in [0.717, 1.165) is 0 Å². The molecule has 0 aromatic carbocycles. The standard InChI is InChI=1S/CH2N2S/c2-1-3-4/h2,4H. The minimum atomic E-state index is 1.67. The first-order chi connectivity index (χ1) is 1.91. The van der Waals surface area contributed by atoms with Crippen molar-refractivity contribution in [3.8, 4) is 0 Å². The van der Waals surface area contributed by atoms with Gasteiger partial charge in [-0.05, 0) is 12.8 Å². The van der Waals surface area contributed by atoms with Crippen LogP contribution in [0.1, 0.15) is 0 Å². The molecule has 4 heavy (non-hydrogen) atoms. The third-order valence-corrected chi connectivity index (χ3v) is 0.150. The molecular formula is CH2N2S. The Balaban J connectivity index is 3.11. The first-order valence-corrected chi connectivity index (χ1v) is 1.07. The zero-order chi connectivity index (χ0) is 3.41. The highest BCUT2D eigenvalue weighted by Crippen LogP contribution is 1.58. The van der Waals surface area contributed by atoms with E-state index < -0.39 is 0 Å². The van der Waals surface area contributed by atoms with Crippen molar-refractivity contribution in [3.05, 3.63) is 0 Å². The molecule has 0 aromatic rings. The van der Waals surface area contributed by atoms with Gasteiger partial charge in [0.1, 0.15) is 0 Å². The first kappa shape index (κ1) is 3.73. The van der Waals surface area contributed by atoms with Gasteiger partial charge in [0.2, 0.25) is 0 Å². The van der Waals surface area contributed by atoms with Gasteiger partial charge in [-0.3, -0.25) is 0 Å². The molecule has 0 aliphatic rings. The Kier molecular flexibility index (Phi) is 2.55. The Morgan fingerprint density at radius 3 is 2.25 bits per heavy atom. The molecule has 0 spiro atoms. The van der Waals surface area contributed by atoms with E-state index in [0.29, 0.717) is 0 Å². The van der Waals surface area contributed by atoms with Gasteiger partial charge in [-0.25, -0.2) is 5.41 Å². The fourth-order valence-corrected chi connectivity index (χ4v) is 0. The molecule has 0 aliphatic carbocycles. The van der Waals surface area contributed by atoms with E-state index in [2.05, 4.69) is 17.2 Å². The average Bonchev–Trinajstić information content (AvgIpc) is 1.37. The van der Waals surface area contributed by atoms with E-state index in [1.54, 1.807) is 6.01 Å². The molecule has 0 aromatic heterocycles. The lowest BCUT2D eigenvalue weighted by atomic mass is 11.6. The molecule has 0 unspecified atom stereocenters. The summed E-state index contributed by atoms with van der Waals surface area (Å²) < 4.78 is 2.85. The minimum Gasteiger partial charge on any atom is -0.241 e. The Morgan fingerprint density at radius 1 is 2.00 bits per heavy atom. The van der Waals surface area contributed by atoms with E-state index in [4.69, 9.17) is 5.41 Å². The second-order valence-corrected chi connectivity index (χ2v) is 0.412. The highest BCUT2D eigenvalue weighted by Gasteiger charge is 1.25. The van der Waals surface area contributed by atoms with Crippen LogP contribution in [0.3, 0.4) is 0 Å². The lowest BCUT2D eigenvalue weighted by molar-refractivity contribution is 1.57. The third kappa shape index (κ3) is 1.73. The van der Waals surface area contributed by atoms with Crippen LogP contribution in [0.2, 0.25) is 0 Å². The molecule has 0 atom stereocenters. The summed E-state index contributed by atoms with van der Waals surface area (Å²) in [6.45, 7) is 0. The Bertz CT molecular complexity index is 44.0. The molecule has 2 nitrogen and oxygen atoms in total. The Labute approximate surface area is 29.6 Å². The van der Waals surface area contributed by atoms with Crippen molar-refractivity contribution in [2.45, 2.75) is 0 Å². The van der Waals surface area contributed by atoms with Gasteiger partial charge < -0.3 is 0 Å². The summed E-state index contributed by atoms with van der Waals surface area (Å²) in [6.07, 6.45) is 0. The van der Waals surface area contributed by atoms with Crippen molar-refractivity contribution in [2.75, 3.05) is 0 Å². The average molecular weight is 74.1 g/mol. The zero-order valence-corrected chi connectivity index (χ0v) is 2.79. The molecule has 22 valence electrons. The van der Waals surface area contributed by atoms with Crippen LogP contribution >= 0.6 is 12.8 Å². The van der Waals surface area contributed by atoms with Crippen molar-refractivity contribution in [1.29, 1.82) is 5.41 Å². The monoisotopic (exact) mass is 74.0 g/mol. The maximum absolute atomic E-state index is 5.96. The van der Waals surface area contributed by atoms with Crippen molar-refractivity contribution < 1.29 is 0 Å². The van der Waals surface area contributed by atoms with Crippen LogP contribution < -0.4 is 0 Å². The summed E-state index contributed by atoms with van der Waals surface area (Å²) in [4.78, 5) is 0. The summed E-state index contributed by atoms with van der Waals surface area (Å²) in [6, 6.07) is 1.67. The van der Waals surface area contributed by atoms with Gasteiger partial charge in [-0.2, -0.15) is 4.40 Å². The maximum Gasteiger partial charge on any atom is 0.0985 e. The maximum atomic E-state index is 5.96. The van der Waals surface area contributed by atoms with Crippen LogP contribution in [-0.2, 0) is 0 Å². The van der Waals surface area contributed by atoms with E-state index in [9.17, 15) is 0 Å². The quantitative estimate of drug-likeness (QED) is 0.311. The summed E-state index contributed by atoms with van der Waals surface area (Å²) in [5.41, 5.74) is 0. The van der Waals surface area contributed by atoms with Crippen LogP contribution in [0, 0.1) is 5.41 Å². The number of thiol groups is 1. The van der Waals surface area contributed by atoms with Crippen LogP contribution in [-0.4, -0.2) is 6.01 Å². The second kappa shape index (κ2) is 2.73. The van der Waals surface area contributed by atoms with Gasteiger partial charge in [0.25, 0.3) is 0 Å². The van der Waals surface area contributed by atoms with Gasteiger partial charge >= 0.3 is 0 Å². The SMILES string of the molecule is N=C=NS. The fraction of sp³-hybridized carbons (Fsp3) is 0. The number of rotatable bonds is 0. The Hall–Kier alpha value is -0.270. The minimum absolute atomic E-state index is 1.67. The molecular weight excluding hydrogens is 72.1 g/mol. The van der Waals surface area contributed by atoms with E-state index >= 15 is 0 Å². The third-order valence-electron chi connectivity index (χ3n) is 0.0500. The molecule has 0 radical (unpaired) electrons. The van der Waals surface area contributed by atoms with Gasteiger partial charge in [0.15, 0.2) is 0 Å². The van der Waals surface area contributed by atoms with E-state index in [1.807, 2.05) is 0 Å². The first-order valence-electron chi connectivity index (χ1n) is 0.674. The molecule has 0 heterocycles. The van der Waals surface area contributed by atoms with Gasteiger partial charge in [0.05, 0.1) is 6.01 Å². The second-order valence-electron chi connectivity index (χ2n) is 0.212. The number of nitrogens with one attached hydrogen (secondary N) is 1. The molecule has 0 aliphatic heterocycles. The van der Waals surface area contributed by atoms with Crippen LogP contribution in [0.15, 0.2) is 4.40 Å². The lowest BCUT2D eigenvalue weighted by Gasteiger charge is -1.38.